The summed E-state index contributed by atoms with van der Waals surface area (Å²) in [5, 5.41) is 3.17. The van der Waals surface area contributed by atoms with Gasteiger partial charge in [-0.2, -0.15) is 0 Å². The number of likely N-dealkylation sites (tertiary alicyclic amines) is 1. The van der Waals surface area contributed by atoms with Crippen LogP contribution in [-0.2, 0) is 32.7 Å². The van der Waals surface area contributed by atoms with E-state index in [2.05, 4.69) is 5.32 Å². The highest BCUT2D eigenvalue weighted by molar-refractivity contribution is 7.92. The molecule has 2 aromatic carbocycles. The van der Waals surface area contributed by atoms with Crippen LogP contribution in [0.4, 0.5) is 5.69 Å². The molecule has 31 heavy (non-hydrogen) atoms. The van der Waals surface area contributed by atoms with E-state index in [1.54, 1.807) is 19.1 Å². The van der Waals surface area contributed by atoms with Crippen molar-refractivity contribution in [3.8, 4) is 0 Å². The third-order valence-corrected chi connectivity index (χ3v) is 6.51. The van der Waals surface area contributed by atoms with Crippen molar-refractivity contribution in [3.63, 3.8) is 0 Å². The number of halogens is 1. The van der Waals surface area contributed by atoms with Gasteiger partial charge >= 0.3 is 0 Å². The first-order chi connectivity index (χ1) is 14.6. The van der Waals surface area contributed by atoms with Gasteiger partial charge in [0.1, 0.15) is 6.54 Å². The Bertz CT molecular complexity index is 1090. The van der Waals surface area contributed by atoms with Gasteiger partial charge in [-0.3, -0.25) is 13.9 Å². The molecule has 166 valence electrons. The van der Waals surface area contributed by atoms with Gasteiger partial charge in [-0.25, -0.2) is 8.42 Å². The van der Waals surface area contributed by atoms with Gasteiger partial charge in [-0.1, -0.05) is 41.9 Å². The molecule has 0 bridgehead atoms. The quantitative estimate of drug-likeness (QED) is 0.652. The van der Waals surface area contributed by atoms with E-state index in [4.69, 9.17) is 11.6 Å². The molecule has 0 unspecified atom stereocenters. The number of rotatable bonds is 8. The van der Waals surface area contributed by atoms with Gasteiger partial charge in [0.25, 0.3) is 0 Å². The number of sulfonamides is 1. The number of carbonyl (C=O) groups is 2. The third-order valence-electron chi connectivity index (χ3n) is 5.15. The van der Waals surface area contributed by atoms with E-state index in [1.165, 1.54) is 6.07 Å². The molecule has 0 aromatic heterocycles. The summed E-state index contributed by atoms with van der Waals surface area (Å²) >= 11 is 6.03. The minimum absolute atomic E-state index is 0.163. The number of nitrogens with zero attached hydrogens (tertiary/aromatic N) is 2. The van der Waals surface area contributed by atoms with E-state index in [0.717, 1.165) is 34.7 Å². The third kappa shape index (κ3) is 6.21. The standard InChI is InChI=1S/C22H26ClN3O4S/c1-16-8-9-19(23)12-20(16)26(31(2,29)30)15-21(27)24-13-17-5-3-6-18(11-17)14-25-10-4-7-22(25)28/h3,5-6,8-9,11-12H,4,7,10,13-15H2,1-2H3,(H,24,27). The molecule has 1 N–H and O–H groups in total. The van der Waals surface area contributed by atoms with Crippen molar-refractivity contribution in [2.45, 2.75) is 32.9 Å². The molecule has 0 spiro atoms. The maximum absolute atomic E-state index is 12.5. The number of anilines is 1. The van der Waals surface area contributed by atoms with E-state index in [9.17, 15) is 18.0 Å². The van der Waals surface area contributed by atoms with Crippen LogP contribution in [0.15, 0.2) is 42.5 Å². The summed E-state index contributed by atoms with van der Waals surface area (Å²) in [6.07, 6.45) is 2.54. The highest BCUT2D eigenvalue weighted by atomic mass is 35.5. The fourth-order valence-corrected chi connectivity index (χ4v) is 4.62. The molecular weight excluding hydrogens is 438 g/mol. The number of amides is 2. The predicted molar refractivity (Wildman–Crippen MR) is 121 cm³/mol. The van der Waals surface area contributed by atoms with E-state index >= 15 is 0 Å². The SMILES string of the molecule is Cc1ccc(Cl)cc1N(CC(=O)NCc1cccc(CN2CCCC2=O)c1)S(C)(=O)=O. The van der Waals surface area contributed by atoms with E-state index < -0.39 is 15.9 Å². The smallest absolute Gasteiger partial charge is 0.241 e. The normalized spacial score (nSPS) is 14.0. The Kier molecular flexibility index (Phi) is 7.23. The summed E-state index contributed by atoms with van der Waals surface area (Å²) in [4.78, 5) is 26.2. The maximum atomic E-state index is 12.5. The van der Waals surface area contributed by atoms with Gasteiger partial charge in [0.05, 0.1) is 11.9 Å². The van der Waals surface area contributed by atoms with Crippen LogP contribution in [0.3, 0.4) is 0 Å². The maximum Gasteiger partial charge on any atom is 0.241 e. The zero-order chi connectivity index (χ0) is 22.6. The minimum Gasteiger partial charge on any atom is -0.350 e. The molecular formula is C22H26ClN3O4S. The number of hydrogen-bond donors (Lipinski definition) is 1. The van der Waals surface area contributed by atoms with Crippen molar-refractivity contribution >= 4 is 39.1 Å². The molecule has 0 saturated carbocycles. The molecule has 1 aliphatic heterocycles. The van der Waals surface area contributed by atoms with Crippen LogP contribution < -0.4 is 9.62 Å². The van der Waals surface area contributed by atoms with Crippen LogP contribution in [0.5, 0.6) is 0 Å². The summed E-state index contributed by atoms with van der Waals surface area (Å²) in [6, 6.07) is 12.6. The predicted octanol–water partition coefficient (Wildman–Crippen LogP) is 2.85. The summed E-state index contributed by atoms with van der Waals surface area (Å²) in [5.74, 6) is -0.263. The molecule has 1 heterocycles. The first kappa shape index (κ1) is 23.1. The van der Waals surface area contributed by atoms with E-state index in [1.807, 2.05) is 29.2 Å². The molecule has 0 aliphatic carbocycles. The largest absolute Gasteiger partial charge is 0.350 e. The van der Waals surface area contributed by atoms with E-state index in [0.29, 0.717) is 29.2 Å². The Hall–Kier alpha value is -2.58. The van der Waals surface area contributed by atoms with Crippen LogP contribution in [0.2, 0.25) is 5.02 Å². The monoisotopic (exact) mass is 463 g/mol. The number of aryl methyl sites for hydroxylation is 1. The van der Waals surface area contributed by atoms with Crippen molar-refractivity contribution in [1.82, 2.24) is 10.2 Å². The lowest BCUT2D eigenvalue weighted by molar-refractivity contribution is -0.128. The van der Waals surface area contributed by atoms with Crippen LogP contribution in [-0.4, -0.2) is 44.5 Å². The molecule has 1 aliphatic rings. The topological polar surface area (TPSA) is 86.8 Å². The van der Waals surface area contributed by atoms with Gasteiger partial charge in [0.2, 0.25) is 21.8 Å². The second-order valence-electron chi connectivity index (χ2n) is 7.72. The second kappa shape index (κ2) is 9.70. The van der Waals surface area contributed by atoms with Crippen LogP contribution >= 0.6 is 11.6 Å². The van der Waals surface area contributed by atoms with Crippen molar-refractivity contribution in [3.05, 3.63) is 64.2 Å². The van der Waals surface area contributed by atoms with Crippen LogP contribution in [0.1, 0.15) is 29.5 Å². The van der Waals surface area contributed by atoms with Gasteiger partial charge in [0.15, 0.2) is 0 Å². The average molecular weight is 464 g/mol. The molecule has 9 heteroatoms. The molecule has 0 radical (unpaired) electrons. The van der Waals surface area contributed by atoms with Crippen LogP contribution in [0.25, 0.3) is 0 Å². The first-order valence-electron chi connectivity index (χ1n) is 9.99. The fraction of sp³-hybridized carbons (Fsp3) is 0.364. The van der Waals surface area contributed by atoms with Crippen LogP contribution in [0, 0.1) is 6.92 Å². The van der Waals surface area contributed by atoms with Crippen molar-refractivity contribution < 1.29 is 18.0 Å². The van der Waals surface area contributed by atoms with E-state index in [-0.39, 0.29) is 19.0 Å². The summed E-state index contributed by atoms with van der Waals surface area (Å²) in [7, 11) is -3.68. The van der Waals surface area contributed by atoms with Crippen molar-refractivity contribution in [2.75, 3.05) is 23.7 Å². The van der Waals surface area contributed by atoms with Gasteiger partial charge < -0.3 is 10.2 Å². The number of benzene rings is 2. The summed E-state index contributed by atoms with van der Waals surface area (Å²) < 4.78 is 25.7. The Morgan fingerprint density at radius 3 is 2.61 bits per heavy atom. The number of nitrogens with one attached hydrogen (secondary N) is 1. The van der Waals surface area contributed by atoms with Gasteiger partial charge in [-0.05, 0) is 42.2 Å². The minimum atomic E-state index is -3.68. The molecule has 7 nitrogen and oxygen atoms in total. The Morgan fingerprint density at radius 2 is 1.94 bits per heavy atom. The number of hydrogen-bond acceptors (Lipinski definition) is 4. The fourth-order valence-electron chi connectivity index (χ4n) is 3.55. The summed E-state index contributed by atoms with van der Waals surface area (Å²) in [6.45, 7) is 2.99. The lowest BCUT2D eigenvalue weighted by atomic mass is 10.1. The highest BCUT2D eigenvalue weighted by Gasteiger charge is 2.23. The Balaban J connectivity index is 1.65. The highest BCUT2D eigenvalue weighted by Crippen LogP contribution is 2.26. The Morgan fingerprint density at radius 1 is 1.19 bits per heavy atom. The molecule has 1 fully saturated rings. The first-order valence-corrected chi connectivity index (χ1v) is 12.2. The second-order valence-corrected chi connectivity index (χ2v) is 10.1. The lowest BCUT2D eigenvalue weighted by Crippen LogP contribution is -2.40. The Labute approximate surface area is 188 Å². The zero-order valence-corrected chi connectivity index (χ0v) is 19.2. The number of carbonyl (C=O) groups excluding carboxylic acids is 2. The van der Waals surface area contributed by atoms with Crippen molar-refractivity contribution in [1.29, 1.82) is 0 Å². The molecule has 3 rings (SSSR count). The zero-order valence-electron chi connectivity index (χ0n) is 17.6. The molecule has 1 saturated heterocycles. The van der Waals surface area contributed by atoms with Gasteiger partial charge in [-0.15, -0.1) is 0 Å². The van der Waals surface area contributed by atoms with Gasteiger partial charge in [0, 0.05) is 31.1 Å². The van der Waals surface area contributed by atoms with Crippen molar-refractivity contribution in [2.24, 2.45) is 0 Å². The summed E-state index contributed by atoms with van der Waals surface area (Å²) in [5.41, 5.74) is 2.95. The average Bonchev–Trinajstić information content (AvgIpc) is 3.10. The lowest BCUT2D eigenvalue weighted by Gasteiger charge is -2.24. The molecule has 2 aromatic rings. The molecule has 2 amide bonds. The molecule has 0 atom stereocenters.